The van der Waals surface area contributed by atoms with Gasteiger partial charge in [-0.15, -0.1) is 6.42 Å². The van der Waals surface area contributed by atoms with Crippen molar-refractivity contribution in [3.05, 3.63) is 29.8 Å². The number of fused-ring (bicyclic) bond motifs is 2. The summed E-state index contributed by atoms with van der Waals surface area (Å²) in [5.74, 6) is 3.52. The van der Waals surface area contributed by atoms with Crippen molar-refractivity contribution in [1.29, 1.82) is 0 Å². The summed E-state index contributed by atoms with van der Waals surface area (Å²) in [4.78, 5) is 17.7. The number of para-hydroxylation sites is 1. The van der Waals surface area contributed by atoms with Crippen molar-refractivity contribution in [2.45, 2.75) is 31.4 Å². The van der Waals surface area contributed by atoms with Crippen LogP contribution < -0.4 is 10.5 Å². The van der Waals surface area contributed by atoms with Gasteiger partial charge in [0.2, 0.25) is 0 Å². The molecule has 0 saturated carbocycles. The van der Waals surface area contributed by atoms with Gasteiger partial charge in [0, 0.05) is 12.0 Å². The van der Waals surface area contributed by atoms with Crippen LogP contribution in [0.1, 0.15) is 25.8 Å². The number of hydrogen-bond donors (Lipinski definition) is 1. The van der Waals surface area contributed by atoms with Gasteiger partial charge >= 0.3 is 6.03 Å². The molecule has 2 heterocycles. The number of amides is 2. The highest BCUT2D eigenvalue weighted by atomic mass is 16.5. The smallest absolute Gasteiger partial charge is 0.347 e. The minimum Gasteiger partial charge on any atom is -0.487 e. The first kappa shape index (κ1) is 13.5. The minimum atomic E-state index is -0.818. The van der Waals surface area contributed by atoms with Crippen LogP contribution in [0.3, 0.4) is 0 Å². The molecule has 2 aliphatic rings. The molecule has 2 amide bonds. The summed E-state index contributed by atoms with van der Waals surface area (Å²) in [6.45, 7) is 4.09. The standard InChI is InChI=1S/C16H17N3O2/c1-4-9-19-14(20)18-13(17)16(19)10-15(2,3)21-12-8-6-5-7-11(12)16/h1,5-8H,9-10H2,2-3H3,(H2,17,18,20). The Bertz CT molecular complexity index is 687. The first-order valence-corrected chi connectivity index (χ1v) is 6.79. The van der Waals surface area contributed by atoms with Gasteiger partial charge in [0.15, 0.2) is 0 Å². The highest BCUT2D eigenvalue weighted by Gasteiger charge is 2.56. The largest absolute Gasteiger partial charge is 0.487 e. The quantitative estimate of drug-likeness (QED) is 0.800. The molecule has 1 atom stereocenters. The Labute approximate surface area is 123 Å². The van der Waals surface area contributed by atoms with E-state index in [1.54, 1.807) is 4.90 Å². The number of hydrogen-bond acceptors (Lipinski definition) is 3. The first-order valence-electron chi connectivity index (χ1n) is 6.79. The number of rotatable bonds is 1. The topological polar surface area (TPSA) is 67.9 Å². The number of carbonyl (C=O) groups is 1. The van der Waals surface area contributed by atoms with Gasteiger partial charge in [-0.25, -0.2) is 4.79 Å². The molecular formula is C16H17N3O2. The molecule has 1 aromatic carbocycles. The second-order valence-corrected chi connectivity index (χ2v) is 5.96. The fourth-order valence-corrected chi connectivity index (χ4v) is 3.26. The molecule has 108 valence electrons. The minimum absolute atomic E-state index is 0.160. The lowest BCUT2D eigenvalue weighted by molar-refractivity contribution is 0.0267. The Morgan fingerprint density at radius 1 is 1.48 bits per heavy atom. The molecule has 5 heteroatoms. The molecule has 2 N–H and O–H groups in total. The van der Waals surface area contributed by atoms with Gasteiger partial charge < -0.3 is 10.5 Å². The maximum Gasteiger partial charge on any atom is 0.347 e. The van der Waals surface area contributed by atoms with E-state index in [1.165, 1.54) is 0 Å². The van der Waals surface area contributed by atoms with Gasteiger partial charge in [0.05, 0.1) is 6.54 Å². The van der Waals surface area contributed by atoms with Crippen LogP contribution in [0.25, 0.3) is 0 Å². The third-order valence-corrected chi connectivity index (χ3v) is 3.98. The van der Waals surface area contributed by atoms with E-state index in [1.807, 2.05) is 38.1 Å². The molecule has 0 radical (unpaired) electrons. The van der Waals surface area contributed by atoms with Gasteiger partial charge in [-0.2, -0.15) is 4.99 Å². The number of benzene rings is 1. The summed E-state index contributed by atoms with van der Waals surface area (Å²) in [5, 5.41) is 0. The van der Waals surface area contributed by atoms with Crippen LogP contribution >= 0.6 is 0 Å². The lowest BCUT2D eigenvalue weighted by Crippen LogP contribution is -2.58. The van der Waals surface area contributed by atoms with Crippen LogP contribution in [0.15, 0.2) is 29.3 Å². The molecular weight excluding hydrogens is 266 g/mol. The van der Waals surface area contributed by atoms with Gasteiger partial charge in [-0.05, 0) is 19.9 Å². The molecule has 5 nitrogen and oxygen atoms in total. The van der Waals surface area contributed by atoms with E-state index in [2.05, 4.69) is 10.9 Å². The summed E-state index contributed by atoms with van der Waals surface area (Å²) >= 11 is 0. The zero-order valence-electron chi connectivity index (χ0n) is 12.1. The first-order chi connectivity index (χ1) is 9.90. The van der Waals surface area contributed by atoms with E-state index >= 15 is 0 Å². The molecule has 2 aliphatic heterocycles. The van der Waals surface area contributed by atoms with E-state index < -0.39 is 17.2 Å². The van der Waals surface area contributed by atoms with Crippen molar-refractivity contribution in [3.63, 3.8) is 0 Å². The Kier molecular flexibility index (Phi) is 2.74. The predicted molar refractivity (Wildman–Crippen MR) is 80.0 cm³/mol. The van der Waals surface area contributed by atoms with Crippen LogP contribution in [0.5, 0.6) is 5.75 Å². The normalized spacial score (nSPS) is 26.0. The van der Waals surface area contributed by atoms with E-state index in [0.717, 1.165) is 5.56 Å². The number of carbonyl (C=O) groups excluding carboxylic acids is 1. The van der Waals surface area contributed by atoms with Crippen LogP contribution in [0, 0.1) is 12.3 Å². The third-order valence-electron chi connectivity index (χ3n) is 3.98. The van der Waals surface area contributed by atoms with Gasteiger partial charge in [0.1, 0.15) is 22.7 Å². The number of nitrogens with two attached hydrogens (primary N) is 1. The summed E-state index contributed by atoms with van der Waals surface area (Å²) in [5.41, 5.74) is 5.70. The molecule has 1 unspecified atom stereocenters. The average Bonchev–Trinajstić information content (AvgIpc) is 2.63. The zero-order chi connectivity index (χ0) is 15.3. The molecule has 1 aromatic rings. The fraction of sp³-hybridized carbons (Fsp3) is 0.375. The number of nitrogens with zero attached hydrogens (tertiary/aromatic N) is 2. The van der Waals surface area contributed by atoms with Gasteiger partial charge in [-0.1, -0.05) is 24.1 Å². The molecule has 0 bridgehead atoms. The Hall–Kier alpha value is -2.48. The molecule has 3 rings (SSSR count). The van der Waals surface area contributed by atoms with Gasteiger partial charge in [-0.3, -0.25) is 4.90 Å². The summed E-state index contributed by atoms with van der Waals surface area (Å²) < 4.78 is 6.02. The van der Waals surface area contributed by atoms with E-state index in [0.29, 0.717) is 12.2 Å². The predicted octanol–water partition coefficient (Wildman–Crippen LogP) is 1.87. The van der Waals surface area contributed by atoms with Crippen molar-refractivity contribution in [2.24, 2.45) is 10.7 Å². The molecule has 0 fully saturated rings. The van der Waals surface area contributed by atoms with E-state index in [4.69, 9.17) is 16.9 Å². The average molecular weight is 283 g/mol. The van der Waals surface area contributed by atoms with Crippen molar-refractivity contribution in [2.75, 3.05) is 6.54 Å². The van der Waals surface area contributed by atoms with Crippen LogP contribution in [0.4, 0.5) is 4.79 Å². The van der Waals surface area contributed by atoms with Gasteiger partial charge in [0.25, 0.3) is 0 Å². The lowest BCUT2D eigenvalue weighted by atomic mass is 9.76. The van der Waals surface area contributed by atoms with Crippen LogP contribution in [0.2, 0.25) is 0 Å². The molecule has 0 saturated heterocycles. The number of ether oxygens (including phenoxy) is 1. The Balaban J connectivity index is 2.26. The Morgan fingerprint density at radius 3 is 2.90 bits per heavy atom. The van der Waals surface area contributed by atoms with Crippen molar-refractivity contribution >= 4 is 11.9 Å². The highest BCUT2D eigenvalue weighted by Crippen LogP contribution is 2.49. The third kappa shape index (κ3) is 1.79. The highest BCUT2D eigenvalue weighted by molar-refractivity contribution is 6.07. The van der Waals surface area contributed by atoms with E-state index in [-0.39, 0.29) is 12.4 Å². The van der Waals surface area contributed by atoms with Crippen LogP contribution in [-0.2, 0) is 5.54 Å². The molecule has 0 aliphatic carbocycles. The second kappa shape index (κ2) is 4.26. The van der Waals surface area contributed by atoms with Crippen molar-refractivity contribution < 1.29 is 9.53 Å². The summed E-state index contributed by atoms with van der Waals surface area (Å²) in [7, 11) is 0. The Morgan fingerprint density at radius 2 is 2.19 bits per heavy atom. The zero-order valence-corrected chi connectivity index (χ0v) is 12.1. The monoisotopic (exact) mass is 283 g/mol. The van der Waals surface area contributed by atoms with Crippen LogP contribution in [-0.4, -0.2) is 28.9 Å². The number of amidine groups is 1. The molecule has 1 spiro atoms. The van der Waals surface area contributed by atoms with E-state index in [9.17, 15) is 4.79 Å². The summed E-state index contributed by atoms with van der Waals surface area (Å²) in [6.07, 6.45) is 5.94. The summed E-state index contributed by atoms with van der Waals surface area (Å²) in [6, 6.07) is 7.19. The second-order valence-electron chi connectivity index (χ2n) is 5.96. The van der Waals surface area contributed by atoms with Crippen molar-refractivity contribution in [1.82, 2.24) is 4.90 Å². The lowest BCUT2D eigenvalue weighted by Gasteiger charge is -2.47. The SMILES string of the molecule is C#CCN1C(=O)N=C(N)C12CC(C)(C)Oc1ccccc12. The maximum atomic E-state index is 12.2. The molecule has 0 aromatic heterocycles. The van der Waals surface area contributed by atoms with Crippen molar-refractivity contribution in [3.8, 4) is 18.1 Å². The maximum absolute atomic E-state index is 12.2. The fourth-order valence-electron chi connectivity index (χ4n) is 3.26. The molecule has 21 heavy (non-hydrogen) atoms. The number of aliphatic imine (C=N–C) groups is 1. The number of urea groups is 1. The number of terminal acetylenes is 1.